The number of esters is 1. The maximum Gasteiger partial charge on any atom is 0.343 e. The number of carbonyl (C=O) groups is 1. The van der Waals surface area contributed by atoms with E-state index in [0.717, 1.165) is 11.1 Å². The highest BCUT2D eigenvalue weighted by molar-refractivity contribution is 5.84. The summed E-state index contributed by atoms with van der Waals surface area (Å²) in [5, 5.41) is 12.4. The monoisotopic (exact) mass is 584 g/mol. The van der Waals surface area contributed by atoms with Crippen molar-refractivity contribution < 1.29 is 14.3 Å². The van der Waals surface area contributed by atoms with Crippen molar-refractivity contribution in [3.63, 3.8) is 0 Å². The van der Waals surface area contributed by atoms with E-state index in [-0.39, 0.29) is 6.61 Å². The zero-order valence-electron chi connectivity index (χ0n) is 24.3. The third-order valence-electron chi connectivity index (χ3n) is 6.74. The number of pyridine rings is 4. The fourth-order valence-electron chi connectivity index (χ4n) is 4.46. The van der Waals surface area contributed by atoms with Crippen LogP contribution in [0.25, 0.3) is 33.9 Å². The molecule has 0 fully saturated rings. The van der Waals surface area contributed by atoms with E-state index in [9.17, 15) is 4.79 Å². The van der Waals surface area contributed by atoms with Gasteiger partial charge in [-0.15, -0.1) is 0 Å². The summed E-state index contributed by atoms with van der Waals surface area (Å²) in [6, 6.07) is 28.9. The molecule has 0 spiro atoms. The third kappa shape index (κ3) is 6.41. The van der Waals surface area contributed by atoms with Crippen molar-refractivity contribution in [1.29, 1.82) is 0 Å². The van der Waals surface area contributed by atoms with Gasteiger partial charge < -0.3 is 9.47 Å². The van der Waals surface area contributed by atoms with Crippen LogP contribution in [0, 0.1) is 0 Å². The average molecular weight is 585 g/mol. The van der Waals surface area contributed by atoms with Crippen LogP contribution in [0.4, 0.5) is 11.6 Å². The van der Waals surface area contributed by atoms with E-state index in [1.807, 2.05) is 66.7 Å². The highest BCUT2D eigenvalue weighted by atomic mass is 16.6. The van der Waals surface area contributed by atoms with Crippen LogP contribution in [0.2, 0.25) is 0 Å². The van der Waals surface area contributed by atoms with E-state index >= 15 is 0 Å². The number of methoxy groups -OCH3 is 1. The van der Waals surface area contributed by atoms with E-state index in [2.05, 4.69) is 27.3 Å². The second-order valence-corrected chi connectivity index (χ2v) is 9.81. The number of benzene rings is 1. The average Bonchev–Trinajstić information content (AvgIpc) is 3.08. The molecule has 0 saturated carbocycles. The number of carbonyl (C=O) groups excluding carboxylic acids is 1. The van der Waals surface area contributed by atoms with Crippen LogP contribution < -0.4 is 14.8 Å². The number of ether oxygens (including phenoxy) is 2. The molecule has 8 bridgehead atoms. The Morgan fingerprint density at radius 2 is 1.20 bits per heavy atom. The van der Waals surface area contributed by atoms with Gasteiger partial charge in [0.05, 0.1) is 53.7 Å². The maximum absolute atomic E-state index is 11.7. The molecule has 1 aliphatic heterocycles. The Morgan fingerprint density at radius 1 is 0.636 bits per heavy atom. The number of anilines is 2. The van der Waals surface area contributed by atoms with Crippen LogP contribution >= 0.6 is 0 Å². The van der Waals surface area contributed by atoms with Crippen molar-refractivity contribution in [1.82, 2.24) is 19.9 Å². The lowest BCUT2D eigenvalue weighted by Gasteiger charge is -2.15. The standard InChI is InChI=1S/C33H28N8O3/c1-40-31-13-7-11-27(38-31)29-15-23(22-9-5-4-6-10-22)16-30(37-29)28-12-8-14-32(39-28)41(2)35-20-25-18-26(44-21-33(42)43-3)17-24(36-25)19-34-40/h4-20H,21H2,1-3H3. The number of rotatable bonds is 4. The van der Waals surface area contributed by atoms with Crippen LogP contribution in [-0.4, -0.2) is 66.1 Å². The molecule has 5 heterocycles. The molecule has 0 radical (unpaired) electrons. The van der Waals surface area contributed by atoms with Crippen molar-refractivity contribution in [3.05, 3.63) is 102 Å². The Balaban J connectivity index is 1.49. The Labute approximate surface area is 254 Å². The molecule has 1 aliphatic rings. The second kappa shape index (κ2) is 12.5. The molecule has 1 aromatic carbocycles. The minimum absolute atomic E-state index is 0.249. The molecule has 11 nitrogen and oxygen atoms in total. The van der Waals surface area contributed by atoms with Crippen molar-refractivity contribution >= 4 is 30.0 Å². The molecule has 0 saturated heterocycles. The van der Waals surface area contributed by atoms with E-state index in [0.29, 0.717) is 51.5 Å². The number of aromatic nitrogens is 4. The van der Waals surface area contributed by atoms with Crippen molar-refractivity contribution in [2.75, 3.05) is 37.8 Å². The smallest absolute Gasteiger partial charge is 0.343 e. The summed E-state index contributed by atoms with van der Waals surface area (Å²) in [5.41, 5.74) is 5.78. The first-order chi connectivity index (χ1) is 21.4. The number of hydrogen-bond acceptors (Lipinski definition) is 11. The van der Waals surface area contributed by atoms with E-state index in [4.69, 9.17) is 24.4 Å². The van der Waals surface area contributed by atoms with E-state index in [1.54, 1.807) is 48.7 Å². The molecule has 11 heteroatoms. The zero-order valence-corrected chi connectivity index (χ0v) is 24.3. The maximum atomic E-state index is 11.7. The molecule has 5 aromatic rings. The zero-order chi connectivity index (χ0) is 30.5. The van der Waals surface area contributed by atoms with Gasteiger partial charge in [-0.3, -0.25) is 10.0 Å². The molecule has 4 aromatic heterocycles. The predicted octanol–water partition coefficient (Wildman–Crippen LogP) is 5.07. The lowest BCUT2D eigenvalue weighted by Crippen LogP contribution is -2.14. The number of fused-ring (bicyclic) bond motifs is 10. The number of hydrazone groups is 2. The van der Waals surface area contributed by atoms with Gasteiger partial charge in [-0.1, -0.05) is 42.5 Å². The topological polar surface area (TPSA) is 118 Å². The van der Waals surface area contributed by atoms with Gasteiger partial charge in [0.1, 0.15) is 17.4 Å². The summed E-state index contributed by atoms with van der Waals surface area (Å²) in [5.74, 6) is 1.12. The highest BCUT2D eigenvalue weighted by Gasteiger charge is 2.14. The fourth-order valence-corrected chi connectivity index (χ4v) is 4.46. The Hall–Kier alpha value is -5.97. The van der Waals surface area contributed by atoms with Crippen LogP contribution in [0.5, 0.6) is 5.75 Å². The van der Waals surface area contributed by atoms with Crippen molar-refractivity contribution in [2.45, 2.75) is 0 Å². The van der Waals surface area contributed by atoms with Gasteiger partial charge in [0, 0.05) is 26.2 Å². The van der Waals surface area contributed by atoms with Crippen molar-refractivity contribution in [2.24, 2.45) is 10.2 Å². The minimum Gasteiger partial charge on any atom is -0.482 e. The first-order valence-corrected chi connectivity index (χ1v) is 13.7. The van der Waals surface area contributed by atoms with E-state index in [1.165, 1.54) is 7.11 Å². The van der Waals surface area contributed by atoms with Crippen LogP contribution in [0.15, 0.2) is 101 Å². The van der Waals surface area contributed by atoms with Gasteiger partial charge >= 0.3 is 5.97 Å². The summed E-state index contributed by atoms with van der Waals surface area (Å²) >= 11 is 0. The molecular formula is C33H28N8O3. The van der Waals surface area contributed by atoms with Crippen LogP contribution in [-0.2, 0) is 9.53 Å². The van der Waals surface area contributed by atoms with Crippen LogP contribution in [0.3, 0.4) is 0 Å². The lowest BCUT2D eigenvalue weighted by atomic mass is 10.0. The molecule has 0 amide bonds. The van der Waals surface area contributed by atoms with Gasteiger partial charge in [-0.25, -0.2) is 24.7 Å². The molecular weight excluding hydrogens is 556 g/mol. The fraction of sp³-hybridized carbons (Fsp3) is 0.121. The second-order valence-electron chi connectivity index (χ2n) is 9.81. The van der Waals surface area contributed by atoms with Crippen LogP contribution in [0.1, 0.15) is 11.4 Å². The third-order valence-corrected chi connectivity index (χ3v) is 6.74. The molecule has 44 heavy (non-hydrogen) atoms. The summed E-state index contributed by atoms with van der Waals surface area (Å²) < 4.78 is 10.3. The van der Waals surface area contributed by atoms with Crippen molar-refractivity contribution in [3.8, 4) is 39.7 Å². The van der Waals surface area contributed by atoms with Gasteiger partial charge in [0.15, 0.2) is 6.61 Å². The number of hydrogen-bond donors (Lipinski definition) is 0. The molecule has 0 atom stereocenters. The van der Waals surface area contributed by atoms with Gasteiger partial charge in [-0.05, 0) is 47.5 Å². The summed E-state index contributed by atoms with van der Waals surface area (Å²) in [7, 11) is 4.90. The van der Waals surface area contributed by atoms with Gasteiger partial charge in [0.25, 0.3) is 0 Å². The Morgan fingerprint density at radius 3 is 1.75 bits per heavy atom. The highest BCUT2D eigenvalue weighted by Crippen LogP contribution is 2.30. The largest absolute Gasteiger partial charge is 0.482 e. The van der Waals surface area contributed by atoms with Gasteiger partial charge in [0.2, 0.25) is 0 Å². The molecule has 0 aliphatic carbocycles. The first-order valence-electron chi connectivity index (χ1n) is 13.7. The summed E-state index contributed by atoms with van der Waals surface area (Å²) in [4.78, 5) is 31.1. The molecule has 0 N–H and O–H groups in total. The summed E-state index contributed by atoms with van der Waals surface area (Å²) in [6.45, 7) is -0.249. The number of nitrogens with zero attached hydrogens (tertiary/aromatic N) is 8. The summed E-state index contributed by atoms with van der Waals surface area (Å²) in [6.07, 6.45) is 3.17. The Kier molecular flexibility index (Phi) is 8.00. The predicted molar refractivity (Wildman–Crippen MR) is 170 cm³/mol. The minimum atomic E-state index is -0.500. The normalized spacial score (nSPS) is 12.3. The lowest BCUT2D eigenvalue weighted by molar-refractivity contribution is -0.142. The first kappa shape index (κ1) is 28.2. The SMILES string of the molecule is COC(=O)COc1cc2nc(c1)C=NN(C)c1cccc(n1)-c1cc(-c3ccccc3)cc(n1)-c1cccc(n1)N(C)N=C2. The van der Waals surface area contributed by atoms with E-state index < -0.39 is 5.97 Å². The quantitative estimate of drug-likeness (QED) is 0.267. The molecule has 218 valence electrons. The molecule has 0 unspecified atom stereocenters. The Bertz CT molecular complexity index is 1780. The molecule has 6 rings (SSSR count). The van der Waals surface area contributed by atoms with Gasteiger partial charge in [-0.2, -0.15) is 10.2 Å².